The maximum absolute atomic E-state index is 12.3. The fourth-order valence-corrected chi connectivity index (χ4v) is 3.63. The van der Waals surface area contributed by atoms with Crippen molar-refractivity contribution < 1.29 is 33.4 Å². The van der Waals surface area contributed by atoms with Crippen molar-refractivity contribution in [2.24, 2.45) is 0 Å². The molecule has 27 heavy (non-hydrogen) atoms. The predicted molar refractivity (Wildman–Crippen MR) is 94.3 cm³/mol. The lowest BCUT2D eigenvalue weighted by atomic mass is 10.0. The largest absolute Gasteiger partial charge is 0.382 e. The van der Waals surface area contributed by atoms with E-state index in [1.54, 1.807) is 45.6 Å². The summed E-state index contributed by atoms with van der Waals surface area (Å²) in [6, 6.07) is 6.68. The lowest BCUT2D eigenvalue weighted by Crippen LogP contribution is -2.37. The molecular weight excluding hydrogens is 354 g/mol. The highest BCUT2D eigenvalue weighted by Gasteiger charge is 2.45. The third-order valence-electron chi connectivity index (χ3n) is 4.89. The number of carbonyl (C=O) groups excluding carboxylic acids is 2. The Morgan fingerprint density at radius 1 is 0.963 bits per heavy atom. The molecule has 0 N–H and O–H groups in total. The van der Waals surface area contributed by atoms with Crippen LogP contribution in [-0.2, 0) is 23.8 Å². The fraction of sp³-hybridized carbons (Fsp3) is 0.579. The lowest BCUT2D eigenvalue weighted by molar-refractivity contribution is -0.0965. The standard InChI is InChI=1S/C19H25NO7/c1-23-11-15-17(25-3)16(24-2)14(27-15)9-6-10-26-20-18(21)12-7-4-5-8-13(12)19(20)22/h4-5,7-8,14-17H,6,9-11H2,1-3H3/t14-,15+,16-,17+/m0/s1. The Bertz CT molecular complexity index is 645. The first kappa shape index (κ1) is 19.9. The molecule has 8 nitrogen and oxygen atoms in total. The number of imide groups is 1. The Hall–Kier alpha value is -1.84. The molecule has 0 unspecified atom stereocenters. The number of fused-ring (bicyclic) bond motifs is 1. The minimum atomic E-state index is -0.429. The van der Waals surface area contributed by atoms with Crippen LogP contribution in [0, 0.1) is 0 Å². The van der Waals surface area contributed by atoms with Gasteiger partial charge >= 0.3 is 0 Å². The number of nitrogens with zero attached hydrogens (tertiary/aromatic N) is 1. The maximum atomic E-state index is 12.3. The van der Waals surface area contributed by atoms with Crippen LogP contribution in [-0.4, -0.2) is 75.8 Å². The number of amides is 2. The van der Waals surface area contributed by atoms with Gasteiger partial charge in [-0.05, 0) is 25.0 Å². The summed E-state index contributed by atoms with van der Waals surface area (Å²) in [5.41, 5.74) is 0.734. The van der Waals surface area contributed by atoms with Crippen LogP contribution in [0.3, 0.4) is 0 Å². The van der Waals surface area contributed by atoms with Gasteiger partial charge in [-0.1, -0.05) is 12.1 Å². The molecule has 2 heterocycles. The molecule has 2 aliphatic heterocycles. The van der Waals surface area contributed by atoms with Crippen LogP contribution in [0.2, 0.25) is 0 Å². The molecule has 148 valence electrons. The average Bonchev–Trinajstić information content (AvgIpc) is 3.14. The van der Waals surface area contributed by atoms with Gasteiger partial charge in [0.2, 0.25) is 0 Å². The number of ether oxygens (including phenoxy) is 4. The lowest BCUT2D eigenvalue weighted by Gasteiger charge is -2.21. The third kappa shape index (κ3) is 3.90. The quantitative estimate of drug-likeness (QED) is 0.474. The number of carbonyl (C=O) groups is 2. The van der Waals surface area contributed by atoms with Crippen LogP contribution < -0.4 is 0 Å². The Morgan fingerprint density at radius 3 is 2.11 bits per heavy atom. The Morgan fingerprint density at radius 2 is 1.56 bits per heavy atom. The Kier molecular flexibility index (Phi) is 6.56. The molecule has 0 aromatic heterocycles. The smallest absolute Gasteiger partial charge is 0.285 e. The van der Waals surface area contributed by atoms with Gasteiger partial charge in [-0.25, -0.2) is 0 Å². The summed E-state index contributed by atoms with van der Waals surface area (Å²) in [6.07, 6.45) is 0.431. The number of benzene rings is 1. The van der Waals surface area contributed by atoms with E-state index in [0.29, 0.717) is 30.6 Å². The number of hydroxylamine groups is 2. The van der Waals surface area contributed by atoms with Gasteiger partial charge in [-0.15, -0.1) is 5.06 Å². The van der Waals surface area contributed by atoms with Crippen LogP contribution in [0.1, 0.15) is 33.6 Å². The Labute approximate surface area is 158 Å². The van der Waals surface area contributed by atoms with Crippen LogP contribution in [0.5, 0.6) is 0 Å². The van der Waals surface area contributed by atoms with Crippen molar-refractivity contribution in [2.75, 3.05) is 34.5 Å². The van der Waals surface area contributed by atoms with Crippen LogP contribution >= 0.6 is 0 Å². The molecule has 0 spiro atoms. The van der Waals surface area contributed by atoms with E-state index in [0.717, 1.165) is 5.06 Å². The van der Waals surface area contributed by atoms with Crippen molar-refractivity contribution >= 4 is 11.8 Å². The zero-order valence-corrected chi connectivity index (χ0v) is 15.8. The van der Waals surface area contributed by atoms with Gasteiger partial charge in [0, 0.05) is 21.3 Å². The zero-order valence-electron chi connectivity index (χ0n) is 15.8. The number of methoxy groups -OCH3 is 3. The van der Waals surface area contributed by atoms with Crippen LogP contribution in [0.25, 0.3) is 0 Å². The minimum Gasteiger partial charge on any atom is -0.382 e. The molecule has 0 aliphatic carbocycles. The van der Waals surface area contributed by atoms with Gasteiger partial charge in [0.05, 0.1) is 30.4 Å². The topological polar surface area (TPSA) is 83.5 Å². The molecule has 8 heteroatoms. The molecule has 1 aromatic carbocycles. The van der Waals surface area contributed by atoms with Gasteiger partial charge in [0.1, 0.15) is 18.3 Å². The summed E-state index contributed by atoms with van der Waals surface area (Å²) < 4.78 is 22.2. The van der Waals surface area contributed by atoms with Crippen molar-refractivity contribution in [2.45, 2.75) is 37.3 Å². The summed E-state index contributed by atoms with van der Waals surface area (Å²) >= 11 is 0. The summed E-state index contributed by atoms with van der Waals surface area (Å²) in [4.78, 5) is 30.0. The van der Waals surface area contributed by atoms with E-state index in [9.17, 15) is 9.59 Å². The van der Waals surface area contributed by atoms with Gasteiger partial charge < -0.3 is 18.9 Å². The second-order valence-corrected chi connectivity index (χ2v) is 6.49. The minimum absolute atomic E-state index is 0.175. The summed E-state index contributed by atoms with van der Waals surface area (Å²) in [6.45, 7) is 0.634. The van der Waals surface area contributed by atoms with Crippen molar-refractivity contribution in [1.29, 1.82) is 0 Å². The highest BCUT2D eigenvalue weighted by Crippen LogP contribution is 2.29. The van der Waals surface area contributed by atoms with E-state index in [1.807, 2.05) is 0 Å². The number of hydrogen-bond donors (Lipinski definition) is 0. The Balaban J connectivity index is 1.50. The van der Waals surface area contributed by atoms with Crippen LogP contribution in [0.15, 0.2) is 24.3 Å². The van der Waals surface area contributed by atoms with Gasteiger partial charge in [0.25, 0.3) is 11.8 Å². The zero-order chi connectivity index (χ0) is 19.4. The van der Waals surface area contributed by atoms with Crippen molar-refractivity contribution in [3.8, 4) is 0 Å². The molecule has 1 saturated heterocycles. The highest BCUT2D eigenvalue weighted by atomic mass is 16.7. The first-order valence-corrected chi connectivity index (χ1v) is 8.93. The predicted octanol–water partition coefficient (Wildman–Crippen LogP) is 1.44. The SMILES string of the molecule is COC[C@H]1O[C@@H](CCCON2C(=O)c3ccccc3C2=O)[C@H](OC)[C@@H]1OC. The van der Waals surface area contributed by atoms with Gasteiger partial charge in [-0.2, -0.15) is 0 Å². The average molecular weight is 379 g/mol. The highest BCUT2D eigenvalue weighted by molar-refractivity contribution is 6.20. The molecule has 0 saturated carbocycles. The van der Waals surface area contributed by atoms with E-state index in [2.05, 4.69) is 0 Å². The van der Waals surface area contributed by atoms with Crippen molar-refractivity contribution in [3.63, 3.8) is 0 Å². The van der Waals surface area contributed by atoms with Gasteiger partial charge in [0.15, 0.2) is 0 Å². The molecule has 3 rings (SSSR count). The van der Waals surface area contributed by atoms with E-state index >= 15 is 0 Å². The number of rotatable bonds is 9. The molecular formula is C19H25NO7. The fourth-order valence-electron chi connectivity index (χ4n) is 3.63. The summed E-state index contributed by atoms with van der Waals surface area (Å²) in [5, 5.41) is 0.833. The van der Waals surface area contributed by atoms with Crippen LogP contribution in [0.4, 0.5) is 0 Å². The summed E-state index contributed by atoms with van der Waals surface area (Å²) in [5.74, 6) is -0.857. The molecule has 1 fully saturated rings. The van der Waals surface area contributed by atoms with E-state index in [4.69, 9.17) is 23.8 Å². The van der Waals surface area contributed by atoms with Crippen molar-refractivity contribution in [1.82, 2.24) is 5.06 Å². The number of hydrogen-bond acceptors (Lipinski definition) is 7. The molecule has 4 atom stereocenters. The monoisotopic (exact) mass is 379 g/mol. The first-order chi connectivity index (χ1) is 13.1. The third-order valence-corrected chi connectivity index (χ3v) is 4.89. The molecule has 2 aliphatic rings. The van der Waals surface area contributed by atoms with E-state index < -0.39 is 11.8 Å². The maximum Gasteiger partial charge on any atom is 0.285 e. The first-order valence-electron chi connectivity index (χ1n) is 8.93. The second-order valence-electron chi connectivity index (χ2n) is 6.49. The molecule has 0 bridgehead atoms. The summed E-state index contributed by atoms with van der Waals surface area (Å²) in [7, 11) is 4.86. The molecule has 2 amide bonds. The van der Waals surface area contributed by atoms with E-state index in [-0.39, 0.29) is 31.0 Å². The van der Waals surface area contributed by atoms with E-state index in [1.165, 1.54) is 0 Å². The van der Waals surface area contributed by atoms with Crippen molar-refractivity contribution in [3.05, 3.63) is 35.4 Å². The molecule has 0 radical (unpaired) electrons. The van der Waals surface area contributed by atoms with Gasteiger partial charge in [-0.3, -0.25) is 14.4 Å². The normalized spacial score (nSPS) is 27.4. The molecule has 1 aromatic rings. The second kappa shape index (κ2) is 8.90.